The number of benzene rings is 1. The molecule has 0 aliphatic carbocycles. The van der Waals surface area contributed by atoms with Gasteiger partial charge in [0.2, 0.25) is 5.91 Å². The Hall–Kier alpha value is -2.30. The van der Waals surface area contributed by atoms with E-state index in [1.165, 1.54) is 5.69 Å². The first-order valence-electron chi connectivity index (χ1n) is 9.78. The maximum atomic E-state index is 11.9. The van der Waals surface area contributed by atoms with E-state index >= 15 is 0 Å². The molecule has 1 aromatic heterocycles. The number of para-hydroxylation sites is 1. The van der Waals surface area contributed by atoms with Crippen molar-refractivity contribution in [3.8, 4) is 0 Å². The van der Waals surface area contributed by atoms with Crippen molar-refractivity contribution >= 4 is 41.5 Å². The number of aryl methyl sites for hydroxylation is 2. The lowest BCUT2D eigenvalue weighted by Crippen LogP contribution is -2.43. The van der Waals surface area contributed by atoms with Crippen LogP contribution in [0.25, 0.3) is 0 Å². The van der Waals surface area contributed by atoms with Gasteiger partial charge in [0.1, 0.15) is 5.76 Å². The molecular weight excluding hydrogens is 495 g/mol. The molecule has 0 spiro atoms. The highest BCUT2D eigenvalue weighted by Crippen LogP contribution is 2.13. The van der Waals surface area contributed by atoms with Gasteiger partial charge >= 0.3 is 0 Å². The molecule has 0 radical (unpaired) electrons. The number of halogens is 1. The fourth-order valence-corrected chi connectivity index (χ4v) is 2.71. The summed E-state index contributed by atoms with van der Waals surface area (Å²) in [5, 5.41) is 10.4. The Balaban J connectivity index is 0.00000450. The SMILES string of the molecule is Cc1noc(C)c1CN=C(NCCCN(C)c1ccccc1)NCC(=O)N(C)C.I. The van der Waals surface area contributed by atoms with E-state index in [1.54, 1.807) is 19.0 Å². The molecule has 2 N–H and O–H groups in total. The molecule has 0 saturated carbocycles. The van der Waals surface area contributed by atoms with E-state index in [0.29, 0.717) is 12.5 Å². The number of amides is 1. The lowest BCUT2D eigenvalue weighted by Gasteiger charge is -2.20. The molecule has 0 saturated heterocycles. The van der Waals surface area contributed by atoms with Crippen LogP contribution in [-0.4, -0.2) is 62.7 Å². The van der Waals surface area contributed by atoms with E-state index < -0.39 is 0 Å². The Morgan fingerprint density at radius 1 is 1.13 bits per heavy atom. The molecule has 1 amide bonds. The van der Waals surface area contributed by atoms with E-state index in [-0.39, 0.29) is 36.4 Å². The zero-order valence-electron chi connectivity index (χ0n) is 18.4. The van der Waals surface area contributed by atoms with Gasteiger partial charge in [-0.15, -0.1) is 24.0 Å². The van der Waals surface area contributed by atoms with Crippen molar-refractivity contribution in [3.63, 3.8) is 0 Å². The number of anilines is 1. The van der Waals surface area contributed by atoms with Crippen molar-refractivity contribution in [2.75, 3.05) is 45.7 Å². The number of hydrogen-bond acceptors (Lipinski definition) is 5. The average Bonchev–Trinajstić information content (AvgIpc) is 3.04. The number of hydrogen-bond donors (Lipinski definition) is 2. The highest BCUT2D eigenvalue weighted by Gasteiger charge is 2.10. The number of guanidine groups is 1. The third-order valence-electron chi connectivity index (χ3n) is 4.64. The molecule has 0 aliphatic rings. The van der Waals surface area contributed by atoms with Crippen molar-refractivity contribution in [2.45, 2.75) is 26.8 Å². The monoisotopic (exact) mass is 528 g/mol. The van der Waals surface area contributed by atoms with Gasteiger partial charge in [-0.05, 0) is 32.4 Å². The van der Waals surface area contributed by atoms with E-state index in [2.05, 4.69) is 44.9 Å². The van der Waals surface area contributed by atoms with Crippen LogP contribution in [0.4, 0.5) is 5.69 Å². The first-order chi connectivity index (χ1) is 13.9. The van der Waals surface area contributed by atoms with Crippen LogP contribution in [0.15, 0.2) is 39.8 Å². The predicted molar refractivity (Wildman–Crippen MR) is 132 cm³/mol. The van der Waals surface area contributed by atoms with Gasteiger partial charge in [0.25, 0.3) is 0 Å². The Bertz CT molecular complexity index is 788. The second-order valence-corrected chi connectivity index (χ2v) is 7.15. The van der Waals surface area contributed by atoms with Crippen LogP contribution in [0.2, 0.25) is 0 Å². The number of nitrogens with zero attached hydrogens (tertiary/aromatic N) is 4. The standard InChI is InChI=1S/C21H32N6O2.HI/c1-16-19(17(2)29-25-16)14-23-21(24-15-20(28)26(3)4)22-12-9-13-27(5)18-10-7-6-8-11-18;/h6-8,10-11H,9,12-15H2,1-5H3,(H2,22,23,24);1H. The second kappa shape index (κ2) is 13.1. The number of aromatic nitrogens is 1. The van der Waals surface area contributed by atoms with Gasteiger partial charge in [0.15, 0.2) is 5.96 Å². The minimum absolute atomic E-state index is 0. The van der Waals surface area contributed by atoms with Gasteiger partial charge in [0.05, 0.1) is 18.8 Å². The molecule has 0 atom stereocenters. The number of likely N-dealkylation sites (N-methyl/N-ethyl adjacent to an activating group) is 1. The molecule has 8 nitrogen and oxygen atoms in total. The molecule has 30 heavy (non-hydrogen) atoms. The van der Waals surface area contributed by atoms with Crippen molar-refractivity contribution in [1.82, 2.24) is 20.7 Å². The topological polar surface area (TPSA) is 86.0 Å². The smallest absolute Gasteiger partial charge is 0.241 e. The van der Waals surface area contributed by atoms with Gasteiger partial charge in [-0.2, -0.15) is 0 Å². The van der Waals surface area contributed by atoms with Crippen LogP contribution in [-0.2, 0) is 11.3 Å². The fourth-order valence-electron chi connectivity index (χ4n) is 2.71. The summed E-state index contributed by atoms with van der Waals surface area (Å²) in [5.74, 6) is 1.35. The van der Waals surface area contributed by atoms with Gasteiger partial charge in [-0.25, -0.2) is 4.99 Å². The number of nitrogens with one attached hydrogen (secondary N) is 2. The maximum Gasteiger partial charge on any atom is 0.241 e. The van der Waals surface area contributed by atoms with Crippen molar-refractivity contribution in [1.29, 1.82) is 0 Å². The van der Waals surface area contributed by atoms with Crippen LogP contribution < -0.4 is 15.5 Å². The minimum atomic E-state index is -0.0133. The predicted octanol–water partition coefficient (Wildman–Crippen LogP) is 2.56. The quantitative estimate of drug-likeness (QED) is 0.225. The molecular formula is C21H33IN6O2. The Labute approximate surface area is 196 Å². The van der Waals surface area contributed by atoms with E-state index in [9.17, 15) is 4.79 Å². The first kappa shape index (κ1) is 25.7. The number of rotatable bonds is 9. The molecule has 1 heterocycles. The lowest BCUT2D eigenvalue weighted by molar-refractivity contribution is -0.127. The largest absolute Gasteiger partial charge is 0.375 e. The van der Waals surface area contributed by atoms with Crippen LogP contribution in [0, 0.1) is 13.8 Å². The molecule has 0 bridgehead atoms. The summed E-state index contributed by atoms with van der Waals surface area (Å²) in [6.45, 7) is 6.05. The van der Waals surface area contributed by atoms with Crippen molar-refractivity contribution < 1.29 is 9.32 Å². The normalized spacial score (nSPS) is 10.9. The van der Waals surface area contributed by atoms with E-state index in [1.807, 2.05) is 32.0 Å². The van der Waals surface area contributed by atoms with Gasteiger partial charge < -0.3 is 25.0 Å². The number of aliphatic imine (C=N–C) groups is 1. The summed E-state index contributed by atoms with van der Waals surface area (Å²) in [6.07, 6.45) is 0.930. The third kappa shape index (κ3) is 8.21. The number of carbonyl (C=O) groups is 1. The van der Waals surface area contributed by atoms with Crippen LogP contribution >= 0.6 is 24.0 Å². The van der Waals surface area contributed by atoms with E-state index in [0.717, 1.165) is 36.5 Å². The van der Waals surface area contributed by atoms with Crippen LogP contribution in [0.5, 0.6) is 0 Å². The summed E-state index contributed by atoms with van der Waals surface area (Å²) < 4.78 is 5.20. The molecule has 1 aromatic carbocycles. The second-order valence-electron chi connectivity index (χ2n) is 7.15. The average molecular weight is 528 g/mol. The highest BCUT2D eigenvalue weighted by atomic mass is 127. The lowest BCUT2D eigenvalue weighted by atomic mass is 10.2. The number of carbonyl (C=O) groups excluding carboxylic acids is 1. The van der Waals surface area contributed by atoms with Crippen LogP contribution in [0.1, 0.15) is 23.4 Å². The first-order valence-corrected chi connectivity index (χ1v) is 9.78. The van der Waals surface area contributed by atoms with Crippen molar-refractivity contribution in [2.24, 2.45) is 4.99 Å². The maximum absolute atomic E-state index is 11.9. The Morgan fingerprint density at radius 2 is 1.83 bits per heavy atom. The molecule has 0 fully saturated rings. The molecule has 9 heteroatoms. The van der Waals surface area contributed by atoms with Gasteiger partial charge in [-0.1, -0.05) is 23.4 Å². The third-order valence-corrected chi connectivity index (χ3v) is 4.64. The fraction of sp³-hybridized carbons (Fsp3) is 0.476. The molecule has 0 unspecified atom stereocenters. The zero-order chi connectivity index (χ0) is 21.2. The Kier molecular flexibility index (Phi) is 11.2. The summed E-state index contributed by atoms with van der Waals surface area (Å²) >= 11 is 0. The molecule has 166 valence electrons. The highest BCUT2D eigenvalue weighted by molar-refractivity contribution is 14.0. The Morgan fingerprint density at radius 3 is 2.43 bits per heavy atom. The van der Waals surface area contributed by atoms with Gasteiger partial charge in [0, 0.05) is 45.5 Å². The summed E-state index contributed by atoms with van der Waals surface area (Å²) in [6, 6.07) is 10.3. The summed E-state index contributed by atoms with van der Waals surface area (Å²) in [7, 11) is 5.55. The summed E-state index contributed by atoms with van der Waals surface area (Å²) in [4.78, 5) is 20.3. The minimum Gasteiger partial charge on any atom is -0.375 e. The molecule has 2 aromatic rings. The molecule has 0 aliphatic heterocycles. The van der Waals surface area contributed by atoms with Crippen LogP contribution in [0.3, 0.4) is 0 Å². The van der Waals surface area contributed by atoms with Gasteiger partial charge in [-0.3, -0.25) is 4.79 Å². The summed E-state index contributed by atoms with van der Waals surface area (Å²) in [5.41, 5.74) is 2.99. The molecule has 2 rings (SSSR count). The van der Waals surface area contributed by atoms with E-state index in [4.69, 9.17) is 4.52 Å². The zero-order valence-corrected chi connectivity index (χ0v) is 20.8. The van der Waals surface area contributed by atoms with Crippen molar-refractivity contribution in [3.05, 3.63) is 47.3 Å².